The van der Waals surface area contributed by atoms with Crippen molar-refractivity contribution in [1.82, 2.24) is 19.6 Å². The minimum absolute atomic E-state index is 0.206. The lowest BCUT2D eigenvalue weighted by Gasteiger charge is -2.11. The number of halogens is 3. The van der Waals surface area contributed by atoms with E-state index in [9.17, 15) is 13.2 Å². The third-order valence-corrected chi connectivity index (χ3v) is 4.71. The summed E-state index contributed by atoms with van der Waals surface area (Å²) in [4.78, 5) is 4.33. The van der Waals surface area contributed by atoms with Crippen molar-refractivity contribution in [3.8, 4) is 0 Å². The van der Waals surface area contributed by atoms with Crippen LogP contribution in [0.25, 0.3) is 5.65 Å². The second-order valence-electron chi connectivity index (χ2n) is 5.90. The summed E-state index contributed by atoms with van der Waals surface area (Å²) in [6.45, 7) is 6.15. The molecule has 128 valence electrons. The Labute approximate surface area is 137 Å². The zero-order valence-corrected chi connectivity index (χ0v) is 14.3. The van der Waals surface area contributed by atoms with Crippen molar-refractivity contribution in [2.45, 2.75) is 57.7 Å². The molecule has 0 radical (unpaired) electrons. The number of hydrogen-bond acceptors (Lipinski definition) is 4. The molecule has 0 unspecified atom stereocenters. The average molecular weight is 346 g/mol. The van der Waals surface area contributed by atoms with E-state index in [1.807, 2.05) is 13.8 Å². The lowest BCUT2D eigenvalue weighted by molar-refractivity contribution is -0.145. The highest BCUT2D eigenvalue weighted by atomic mass is 32.2. The summed E-state index contributed by atoms with van der Waals surface area (Å²) in [5, 5.41) is 7.64. The Morgan fingerprint density at radius 3 is 2.57 bits per heavy atom. The van der Waals surface area contributed by atoms with Crippen LogP contribution in [-0.4, -0.2) is 25.3 Å². The minimum Gasteiger partial charge on any atom is -0.272 e. The zero-order valence-electron chi connectivity index (χ0n) is 13.5. The summed E-state index contributed by atoms with van der Waals surface area (Å²) in [7, 11) is 0. The predicted molar refractivity (Wildman–Crippen MR) is 84.6 cm³/mol. The van der Waals surface area contributed by atoms with Crippen LogP contribution < -0.4 is 0 Å². The van der Waals surface area contributed by atoms with Gasteiger partial charge >= 0.3 is 6.18 Å². The molecular formula is C15H21F3N4S. The highest BCUT2D eigenvalue weighted by molar-refractivity contribution is 7.99. The highest BCUT2D eigenvalue weighted by Crippen LogP contribution is 2.31. The second-order valence-corrected chi connectivity index (χ2v) is 6.91. The van der Waals surface area contributed by atoms with E-state index in [4.69, 9.17) is 0 Å². The molecule has 2 aromatic rings. The van der Waals surface area contributed by atoms with E-state index in [-0.39, 0.29) is 5.65 Å². The standard InChI is InChI=1S/C15H21F3N4S/c1-4-5-6-7-11-8-19-13(23-9-10(2)3)12-20-21-14(22(11)12)15(16,17)18/h8,10H,4-7,9H2,1-3H3. The molecule has 8 heteroatoms. The molecule has 4 nitrogen and oxygen atoms in total. The Morgan fingerprint density at radius 2 is 1.96 bits per heavy atom. The van der Waals surface area contributed by atoms with E-state index < -0.39 is 12.0 Å². The lowest BCUT2D eigenvalue weighted by atomic mass is 10.1. The number of thioether (sulfide) groups is 1. The monoisotopic (exact) mass is 346 g/mol. The number of fused-ring (bicyclic) bond motifs is 1. The fourth-order valence-electron chi connectivity index (χ4n) is 2.21. The summed E-state index contributed by atoms with van der Waals surface area (Å²) in [5.74, 6) is 0.218. The van der Waals surface area contributed by atoms with Gasteiger partial charge in [0.25, 0.3) is 0 Å². The quantitative estimate of drug-likeness (QED) is 0.542. The van der Waals surface area contributed by atoms with Crippen molar-refractivity contribution in [3.63, 3.8) is 0 Å². The minimum atomic E-state index is -4.53. The molecule has 0 spiro atoms. The molecule has 0 aliphatic heterocycles. The van der Waals surface area contributed by atoms with Crippen LogP contribution in [0.3, 0.4) is 0 Å². The SMILES string of the molecule is CCCCCc1cnc(SCC(C)C)c2nnc(C(F)(F)F)n12. The first kappa shape index (κ1) is 18.0. The molecule has 0 aromatic carbocycles. The van der Waals surface area contributed by atoms with Crippen molar-refractivity contribution in [2.24, 2.45) is 5.92 Å². The second kappa shape index (κ2) is 7.51. The third kappa shape index (κ3) is 4.37. The van der Waals surface area contributed by atoms with Crippen LogP contribution in [0, 0.1) is 5.92 Å². The maximum atomic E-state index is 13.2. The van der Waals surface area contributed by atoms with E-state index in [2.05, 4.69) is 22.1 Å². The van der Waals surface area contributed by atoms with Gasteiger partial charge in [0.2, 0.25) is 5.82 Å². The smallest absolute Gasteiger partial charge is 0.272 e. The van der Waals surface area contributed by atoms with Crippen LogP contribution in [0.4, 0.5) is 13.2 Å². The fourth-order valence-corrected chi connectivity index (χ4v) is 3.09. The Kier molecular flexibility index (Phi) is 5.89. The number of aromatic nitrogens is 4. The fraction of sp³-hybridized carbons (Fsp3) is 0.667. The Balaban J connectivity index is 2.45. The Morgan fingerprint density at radius 1 is 1.22 bits per heavy atom. The van der Waals surface area contributed by atoms with Gasteiger partial charge in [0.1, 0.15) is 5.03 Å². The number of unbranched alkanes of at least 4 members (excludes halogenated alkanes) is 2. The molecule has 0 aliphatic rings. The molecule has 0 N–H and O–H groups in total. The van der Waals surface area contributed by atoms with Gasteiger partial charge in [-0.3, -0.25) is 4.40 Å². The van der Waals surface area contributed by atoms with Crippen molar-refractivity contribution < 1.29 is 13.2 Å². The summed E-state index contributed by atoms with van der Waals surface area (Å²) >= 11 is 1.42. The van der Waals surface area contributed by atoms with E-state index >= 15 is 0 Å². The molecule has 0 saturated carbocycles. The van der Waals surface area contributed by atoms with Crippen molar-refractivity contribution >= 4 is 17.4 Å². The summed E-state index contributed by atoms with van der Waals surface area (Å²) < 4.78 is 40.8. The van der Waals surface area contributed by atoms with E-state index in [1.54, 1.807) is 0 Å². The van der Waals surface area contributed by atoms with Gasteiger partial charge in [0.15, 0.2) is 5.65 Å². The average Bonchev–Trinajstić information content (AvgIpc) is 2.91. The van der Waals surface area contributed by atoms with Crippen molar-refractivity contribution in [1.29, 1.82) is 0 Å². The first-order chi connectivity index (χ1) is 10.8. The van der Waals surface area contributed by atoms with Gasteiger partial charge < -0.3 is 0 Å². The highest BCUT2D eigenvalue weighted by Gasteiger charge is 2.38. The molecule has 0 atom stereocenters. The molecule has 0 saturated heterocycles. The number of hydrogen-bond donors (Lipinski definition) is 0. The molecule has 2 aromatic heterocycles. The van der Waals surface area contributed by atoms with Gasteiger partial charge in [0, 0.05) is 17.6 Å². The topological polar surface area (TPSA) is 43.1 Å². The maximum Gasteiger partial charge on any atom is 0.452 e. The Hall–Kier alpha value is -1.31. The number of nitrogens with zero attached hydrogens (tertiary/aromatic N) is 4. The van der Waals surface area contributed by atoms with Crippen LogP contribution in [0.2, 0.25) is 0 Å². The Bertz CT molecular complexity index is 652. The summed E-state index contributed by atoms with van der Waals surface area (Å²) in [6.07, 6.45) is 0.334. The summed E-state index contributed by atoms with van der Waals surface area (Å²) in [5.41, 5.74) is 0.719. The maximum absolute atomic E-state index is 13.2. The zero-order chi connectivity index (χ0) is 17.0. The number of aryl methyl sites for hydroxylation is 1. The van der Waals surface area contributed by atoms with Gasteiger partial charge in [-0.1, -0.05) is 33.6 Å². The number of alkyl halides is 3. The van der Waals surface area contributed by atoms with Crippen LogP contribution in [-0.2, 0) is 12.6 Å². The van der Waals surface area contributed by atoms with E-state index in [0.29, 0.717) is 23.1 Å². The molecule has 2 rings (SSSR count). The van der Waals surface area contributed by atoms with Crippen LogP contribution in [0.5, 0.6) is 0 Å². The predicted octanol–water partition coefficient (Wildman–Crippen LogP) is 4.62. The van der Waals surface area contributed by atoms with Crippen molar-refractivity contribution in [2.75, 3.05) is 5.75 Å². The molecule has 2 heterocycles. The molecule has 0 amide bonds. The molecule has 0 aliphatic carbocycles. The van der Waals surface area contributed by atoms with Gasteiger partial charge in [-0.05, 0) is 18.8 Å². The first-order valence-electron chi connectivity index (χ1n) is 7.77. The molecule has 23 heavy (non-hydrogen) atoms. The van der Waals surface area contributed by atoms with Crippen LogP contribution in [0.15, 0.2) is 11.2 Å². The van der Waals surface area contributed by atoms with Gasteiger partial charge in [-0.25, -0.2) is 4.98 Å². The molecular weight excluding hydrogens is 325 g/mol. The normalized spacial score (nSPS) is 12.5. The van der Waals surface area contributed by atoms with Gasteiger partial charge in [0.05, 0.1) is 0 Å². The number of rotatable bonds is 7. The van der Waals surface area contributed by atoms with Gasteiger partial charge in [-0.2, -0.15) is 13.2 Å². The third-order valence-electron chi connectivity index (χ3n) is 3.32. The van der Waals surface area contributed by atoms with E-state index in [1.165, 1.54) is 18.0 Å². The lowest BCUT2D eigenvalue weighted by Crippen LogP contribution is -2.14. The largest absolute Gasteiger partial charge is 0.452 e. The van der Waals surface area contributed by atoms with Crippen LogP contribution >= 0.6 is 11.8 Å². The van der Waals surface area contributed by atoms with Gasteiger partial charge in [-0.15, -0.1) is 22.0 Å². The van der Waals surface area contributed by atoms with Crippen molar-refractivity contribution in [3.05, 3.63) is 17.7 Å². The molecule has 0 bridgehead atoms. The van der Waals surface area contributed by atoms with Crippen LogP contribution in [0.1, 0.15) is 51.6 Å². The van der Waals surface area contributed by atoms with E-state index in [0.717, 1.165) is 29.4 Å². The summed E-state index contributed by atoms with van der Waals surface area (Å²) in [6, 6.07) is 0. The first-order valence-corrected chi connectivity index (χ1v) is 8.76. The molecule has 0 fully saturated rings.